The van der Waals surface area contributed by atoms with Crippen LogP contribution in [0.1, 0.15) is 11.7 Å². The molecule has 22 heavy (non-hydrogen) atoms. The topological polar surface area (TPSA) is 107 Å². The molecule has 0 aromatic heterocycles. The number of carboxylic acids is 1. The van der Waals surface area contributed by atoms with Crippen molar-refractivity contribution >= 4 is 17.7 Å². The number of carbonyl (C=O) groups excluding carboxylic acids is 1. The average molecular weight is 319 g/mol. The first-order chi connectivity index (χ1) is 10.3. The third-order valence-electron chi connectivity index (χ3n) is 2.90. The van der Waals surface area contributed by atoms with Gasteiger partial charge < -0.3 is 20.1 Å². The molecule has 1 heterocycles. The molecule has 0 bridgehead atoms. The van der Waals surface area contributed by atoms with Crippen LogP contribution in [0.3, 0.4) is 0 Å². The molecule has 0 radical (unpaired) electrons. The normalized spacial score (nSPS) is 16.9. The summed E-state index contributed by atoms with van der Waals surface area (Å²) in [5.41, 5.74) is -2.38. The Morgan fingerprint density at radius 2 is 1.91 bits per heavy atom. The number of halogens is 3. The Bertz CT molecular complexity index is 690. The van der Waals surface area contributed by atoms with Gasteiger partial charge in [-0.15, -0.1) is 0 Å². The summed E-state index contributed by atoms with van der Waals surface area (Å²) >= 11 is 0. The van der Waals surface area contributed by atoms with Gasteiger partial charge in [-0.25, -0.2) is 27.7 Å². The van der Waals surface area contributed by atoms with Gasteiger partial charge in [0.2, 0.25) is 0 Å². The van der Waals surface area contributed by atoms with Gasteiger partial charge in [-0.1, -0.05) is 0 Å². The number of nitrogens with zero attached hydrogens (tertiary/aromatic N) is 1. The molecule has 3 N–H and O–H groups in total. The summed E-state index contributed by atoms with van der Waals surface area (Å²) in [7, 11) is 0. The predicted molar refractivity (Wildman–Crippen MR) is 63.0 cm³/mol. The van der Waals surface area contributed by atoms with Crippen molar-refractivity contribution < 1.29 is 42.8 Å². The largest absolute Gasteiger partial charge is 0.478 e. The van der Waals surface area contributed by atoms with Crippen LogP contribution < -0.4 is 4.90 Å². The van der Waals surface area contributed by atoms with Gasteiger partial charge in [-0.05, 0) is 6.07 Å². The Kier molecular flexibility index (Phi) is 4.06. The maximum absolute atomic E-state index is 13.9. The minimum Gasteiger partial charge on any atom is -0.478 e. The molecule has 10 heteroatoms. The predicted octanol–water partition coefficient (Wildman–Crippen LogP) is 1.01. The second-order valence-corrected chi connectivity index (χ2v) is 4.13. The summed E-state index contributed by atoms with van der Waals surface area (Å²) in [5.74, 6) is -7.08. The van der Waals surface area contributed by atoms with Gasteiger partial charge >= 0.3 is 12.1 Å². The van der Waals surface area contributed by atoms with Crippen molar-refractivity contribution in [1.82, 2.24) is 0 Å². The number of hydrogen-bond acceptors (Lipinski definition) is 5. The van der Waals surface area contributed by atoms with Crippen LogP contribution in [0.15, 0.2) is 17.8 Å². The summed E-state index contributed by atoms with van der Waals surface area (Å²) < 4.78 is 44.7. The van der Waals surface area contributed by atoms with E-state index in [0.717, 1.165) is 0 Å². The standard InChI is InChI=1S/C12H8F3NO6/c13-6-1-4-9(8(15)7(6)14)16(12(21)22-3-17)2-5(10(4)18)11(19)20/h1-2,10,17-18H,3H2,(H,19,20). The van der Waals surface area contributed by atoms with Crippen molar-refractivity contribution in [2.24, 2.45) is 0 Å². The van der Waals surface area contributed by atoms with E-state index >= 15 is 0 Å². The molecule has 2 rings (SSSR count). The highest BCUT2D eigenvalue weighted by atomic mass is 19.2. The van der Waals surface area contributed by atoms with Crippen LogP contribution in [0, 0.1) is 17.5 Å². The number of ether oxygens (including phenoxy) is 1. The lowest BCUT2D eigenvalue weighted by Crippen LogP contribution is -2.34. The number of aliphatic hydroxyl groups excluding tert-OH is 2. The maximum atomic E-state index is 13.9. The van der Waals surface area contributed by atoms with Crippen molar-refractivity contribution in [3.05, 3.63) is 40.9 Å². The van der Waals surface area contributed by atoms with Crippen molar-refractivity contribution in [3.8, 4) is 0 Å². The molecule has 1 unspecified atom stereocenters. The molecule has 0 spiro atoms. The zero-order valence-corrected chi connectivity index (χ0v) is 10.6. The van der Waals surface area contributed by atoms with E-state index in [0.29, 0.717) is 12.3 Å². The number of carbonyl (C=O) groups is 2. The lowest BCUT2D eigenvalue weighted by Gasteiger charge is -2.29. The van der Waals surface area contributed by atoms with Crippen LogP contribution in [-0.4, -0.2) is 34.2 Å². The Morgan fingerprint density at radius 1 is 1.27 bits per heavy atom. The molecule has 1 aliphatic heterocycles. The van der Waals surface area contributed by atoms with Crippen LogP contribution in [0.2, 0.25) is 0 Å². The first-order valence-electron chi connectivity index (χ1n) is 5.66. The first kappa shape index (κ1) is 15.8. The van der Waals surface area contributed by atoms with Crippen molar-refractivity contribution in [2.75, 3.05) is 11.7 Å². The molecule has 1 aromatic rings. The van der Waals surface area contributed by atoms with E-state index in [1.54, 1.807) is 0 Å². The SMILES string of the molecule is O=C(O)C1=CN(C(=O)OCO)c2c(cc(F)c(F)c2F)C1O. The van der Waals surface area contributed by atoms with Crippen LogP contribution in [0.4, 0.5) is 23.7 Å². The number of aliphatic hydroxyl groups is 2. The zero-order chi connectivity index (χ0) is 16.6. The first-order valence-corrected chi connectivity index (χ1v) is 5.66. The number of carboxylic acid groups (broad SMARTS) is 1. The summed E-state index contributed by atoms with van der Waals surface area (Å²) in [6, 6.07) is 0.369. The molecule has 1 atom stereocenters. The van der Waals surface area contributed by atoms with Gasteiger partial charge in [0.1, 0.15) is 6.10 Å². The molecule has 0 saturated heterocycles. The Morgan fingerprint density at radius 3 is 2.45 bits per heavy atom. The Hall–Kier alpha value is -2.59. The fourth-order valence-corrected chi connectivity index (χ4v) is 1.94. The number of hydrogen-bond donors (Lipinski definition) is 3. The van der Waals surface area contributed by atoms with E-state index in [1.165, 1.54) is 0 Å². The molecule has 0 aliphatic carbocycles. The fourth-order valence-electron chi connectivity index (χ4n) is 1.94. The number of fused-ring (bicyclic) bond motifs is 1. The maximum Gasteiger partial charge on any atom is 0.420 e. The molecule has 118 valence electrons. The van der Waals surface area contributed by atoms with Crippen LogP contribution in [0.5, 0.6) is 0 Å². The lowest BCUT2D eigenvalue weighted by atomic mass is 9.96. The highest BCUT2D eigenvalue weighted by Crippen LogP contribution is 2.40. The third kappa shape index (κ3) is 2.38. The zero-order valence-electron chi connectivity index (χ0n) is 10.6. The summed E-state index contributed by atoms with van der Waals surface area (Å²) in [4.78, 5) is 22.9. The number of aliphatic carboxylic acids is 1. The van der Waals surface area contributed by atoms with Crippen molar-refractivity contribution in [3.63, 3.8) is 0 Å². The quantitative estimate of drug-likeness (QED) is 0.555. The number of rotatable bonds is 2. The second-order valence-electron chi connectivity index (χ2n) is 4.13. The highest BCUT2D eigenvalue weighted by Gasteiger charge is 2.37. The molecule has 0 fully saturated rings. The average Bonchev–Trinajstić information content (AvgIpc) is 2.45. The second kappa shape index (κ2) is 5.66. The molecular weight excluding hydrogens is 311 g/mol. The molecule has 0 saturated carbocycles. The Balaban J connectivity index is 2.71. The van der Waals surface area contributed by atoms with E-state index in [4.69, 9.17) is 10.2 Å². The van der Waals surface area contributed by atoms with Gasteiger partial charge in [-0.2, -0.15) is 0 Å². The van der Waals surface area contributed by atoms with Crippen LogP contribution >= 0.6 is 0 Å². The molecule has 1 aromatic carbocycles. The van der Waals surface area contributed by atoms with Crippen LogP contribution in [-0.2, 0) is 9.53 Å². The highest BCUT2D eigenvalue weighted by molar-refractivity contribution is 5.98. The van der Waals surface area contributed by atoms with E-state index in [1.807, 2.05) is 0 Å². The van der Waals surface area contributed by atoms with Crippen molar-refractivity contribution in [2.45, 2.75) is 6.10 Å². The minimum atomic E-state index is -1.99. The molecular formula is C12H8F3NO6. The molecule has 1 aliphatic rings. The smallest absolute Gasteiger partial charge is 0.420 e. The van der Waals surface area contributed by atoms with E-state index in [-0.39, 0.29) is 4.90 Å². The van der Waals surface area contributed by atoms with Gasteiger partial charge in [0, 0.05) is 11.8 Å². The summed E-state index contributed by atoms with van der Waals surface area (Å²) in [5, 5.41) is 27.3. The lowest BCUT2D eigenvalue weighted by molar-refractivity contribution is -0.133. The number of anilines is 1. The van der Waals surface area contributed by atoms with Gasteiger partial charge in [-0.3, -0.25) is 0 Å². The summed E-state index contributed by atoms with van der Waals surface area (Å²) in [6.07, 6.45) is -2.94. The van der Waals surface area contributed by atoms with E-state index < -0.39 is 59.2 Å². The van der Waals surface area contributed by atoms with E-state index in [9.17, 15) is 27.9 Å². The molecule has 7 nitrogen and oxygen atoms in total. The number of benzene rings is 1. The number of amides is 1. The van der Waals surface area contributed by atoms with Gasteiger partial charge in [0.15, 0.2) is 24.2 Å². The minimum absolute atomic E-state index is 0.222. The molecule has 1 amide bonds. The third-order valence-corrected chi connectivity index (χ3v) is 2.90. The fraction of sp³-hybridized carbons (Fsp3) is 0.167. The summed E-state index contributed by atoms with van der Waals surface area (Å²) in [6.45, 7) is -1.12. The van der Waals surface area contributed by atoms with Gasteiger partial charge in [0.25, 0.3) is 0 Å². The van der Waals surface area contributed by atoms with Crippen LogP contribution in [0.25, 0.3) is 0 Å². The van der Waals surface area contributed by atoms with E-state index in [2.05, 4.69) is 4.74 Å². The van der Waals surface area contributed by atoms with Gasteiger partial charge in [0.05, 0.1) is 11.3 Å². The monoisotopic (exact) mass is 319 g/mol. The van der Waals surface area contributed by atoms with Crippen molar-refractivity contribution in [1.29, 1.82) is 0 Å². The Labute approximate surface area is 120 Å².